The molecule has 0 aliphatic carbocycles. The van der Waals surface area contributed by atoms with Crippen molar-refractivity contribution in [1.82, 2.24) is 0 Å². The molecule has 1 aromatic carbocycles. The summed E-state index contributed by atoms with van der Waals surface area (Å²) in [5.74, 6) is 0.637. The summed E-state index contributed by atoms with van der Waals surface area (Å²) < 4.78 is 5.37. The quantitative estimate of drug-likeness (QED) is 0.579. The summed E-state index contributed by atoms with van der Waals surface area (Å²) in [7, 11) is 0. The Morgan fingerprint density at radius 1 is 1.33 bits per heavy atom. The van der Waals surface area contributed by atoms with Crippen molar-refractivity contribution in [3.05, 3.63) is 29.8 Å². The molecule has 1 aromatic rings. The van der Waals surface area contributed by atoms with E-state index in [-0.39, 0.29) is 5.91 Å². The van der Waals surface area contributed by atoms with Crippen molar-refractivity contribution in [3.8, 4) is 0 Å². The number of carbonyl (C=O) groups excluding carboxylic acids is 1. The molecule has 1 rings (SSSR count). The zero-order valence-electron chi connectivity index (χ0n) is 10.7. The van der Waals surface area contributed by atoms with E-state index in [2.05, 4.69) is 5.32 Å². The molecule has 0 spiro atoms. The van der Waals surface area contributed by atoms with Gasteiger partial charge in [0.1, 0.15) is 0 Å². The summed E-state index contributed by atoms with van der Waals surface area (Å²) in [4.78, 5) is 11.7. The largest absolute Gasteiger partial charge is 0.377 e. The average Bonchev–Trinajstić information content (AvgIpc) is 2.38. The first-order valence-corrected chi connectivity index (χ1v) is 6.82. The standard InChI is InChI=1S/C14H20ClNO2/c1-2-18-11-12-7-3-4-8-13(12)16-14(17)9-5-6-10-15/h3-4,7-8H,2,5-6,9-11H2,1H3,(H,16,17). The minimum absolute atomic E-state index is 0.0315. The van der Waals surface area contributed by atoms with Crippen LogP contribution in [-0.4, -0.2) is 18.4 Å². The maximum Gasteiger partial charge on any atom is 0.224 e. The molecule has 3 nitrogen and oxygen atoms in total. The first-order valence-electron chi connectivity index (χ1n) is 6.29. The van der Waals surface area contributed by atoms with E-state index in [1.165, 1.54) is 0 Å². The van der Waals surface area contributed by atoms with Crippen LogP contribution in [0.4, 0.5) is 5.69 Å². The van der Waals surface area contributed by atoms with Crippen LogP contribution in [0.25, 0.3) is 0 Å². The van der Waals surface area contributed by atoms with Gasteiger partial charge in [-0.05, 0) is 25.8 Å². The van der Waals surface area contributed by atoms with E-state index in [4.69, 9.17) is 16.3 Å². The van der Waals surface area contributed by atoms with Crippen molar-refractivity contribution in [2.24, 2.45) is 0 Å². The van der Waals surface area contributed by atoms with Gasteiger partial charge in [0.05, 0.1) is 6.61 Å². The van der Waals surface area contributed by atoms with Crippen molar-refractivity contribution >= 4 is 23.2 Å². The maximum atomic E-state index is 11.7. The molecule has 0 aromatic heterocycles. The van der Waals surface area contributed by atoms with Crippen molar-refractivity contribution < 1.29 is 9.53 Å². The van der Waals surface area contributed by atoms with Gasteiger partial charge in [-0.2, -0.15) is 0 Å². The van der Waals surface area contributed by atoms with E-state index in [1.54, 1.807) is 0 Å². The van der Waals surface area contributed by atoms with Crippen molar-refractivity contribution in [1.29, 1.82) is 0 Å². The van der Waals surface area contributed by atoms with Gasteiger partial charge in [0, 0.05) is 30.2 Å². The Hall–Kier alpha value is -1.06. The Kier molecular flexibility index (Phi) is 7.46. The molecule has 1 N–H and O–H groups in total. The molecule has 0 atom stereocenters. The normalized spacial score (nSPS) is 10.3. The van der Waals surface area contributed by atoms with E-state index >= 15 is 0 Å². The molecule has 0 unspecified atom stereocenters. The van der Waals surface area contributed by atoms with Gasteiger partial charge in [0.25, 0.3) is 0 Å². The monoisotopic (exact) mass is 269 g/mol. The molecular weight excluding hydrogens is 250 g/mol. The van der Waals surface area contributed by atoms with E-state index < -0.39 is 0 Å². The number of benzene rings is 1. The summed E-state index contributed by atoms with van der Waals surface area (Å²) in [6.45, 7) is 3.14. The fraction of sp³-hybridized carbons (Fsp3) is 0.500. The summed E-state index contributed by atoms with van der Waals surface area (Å²) >= 11 is 5.58. The second kappa shape index (κ2) is 8.95. The van der Waals surface area contributed by atoms with Crippen LogP contribution in [0.2, 0.25) is 0 Å². The van der Waals surface area contributed by atoms with Gasteiger partial charge in [-0.1, -0.05) is 18.2 Å². The Bertz CT molecular complexity index is 369. The first kappa shape index (κ1) is 15.0. The van der Waals surface area contributed by atoms with Crippen LogP contribution in [-0.2, 0) is 16.1 Å². The molecule has 0 radical (unpaired) electrons. The van der Waals surface area contributed by atoms with Crippen LogP contribution >= 0.6 is 11.6 Å². The number of carbonyl (C=O) groups is 1. The Morgan fingerprint density at radius 2 is 2.11 bits per heavy atom. The summed E-state index contributed by atoms with van der Waals surface area (Å²) in [5.41, 5.74) is 1.84. The number of hydrogen-bond donors (Lipinski definition) is 1. The zero-order chi connectivity index (χ0) is 13.2. The Labute approximate surface area is 113 Å². The molecular formula is C14H20ClNO2. The van der Waals surface area contributed by atoms with Gasteiger partial charge in [-0.25, -0.2) is 0 Å². The smallest absolute Gasteiger partial charge is 0.224 e. The number of halogens is 1. The highest BCUT2D eigenvalue weighted by Crippen LogP contribution is 2.16. The molecule has 0 aliphatic heterocycles. The van der Waals surface area contributed by atoms with E-state index in [0.717, 1.165) is 24.1 Å². The predicted octanol–water partition coefficient (Wildman–Crippen LogP) is 3.57. The van der Waals surface area contributed by atoms with Gasteiger partial charge in [0.2, 0.25) is 5.91 Å². The van der Waals surface area contributed by atoms with Crippen molar-refractivity contribution in [2.75, 3.05) is 17.8 Å². The molecule has 0 aliphatic rings. The number of rotatable bonds is 8. The molecule has 0 bridgehead atoms. The van der Waals surface area contributed by atoms with Gasteiger partial charge in [-0.3, -0.25) is 4.79 Å². The molecule has 0 saturated heterocycles. The number of anilines is 1. The van der Waals surface area contributed by atoms with Crippen LogP contribution in [0.15, 0.2) is 24.3 Å². The number of unbranched alkanes of at least 4 members (excludes halogenated alkanes) is 1. The molecule has 4 heteroatoms. The number of ether oxygens (including phenoxy) is 1. The molecule has 0 saturated carbocycles. The van der Waals surface area contributed by atoms with E-state index in [9.17, 15) is 4.79 Å². The van der Waals surface area contributed by atoms with Crippen LogP contribution in [0.5, 0.6) is 0 Å². The lowest BCUT2D eigenvalue weighted by Crippen LogP contribution is -2.13. The topological polar surface area (TPSA) is 38.3 Å². The van der Waals surface area contributed by atoms with Crippen LogP contribution < -0.4 is 5.32 Å². The second-order valence-electron chi connectivity index (χ2n) is 3.99. The number of nitrogens with one attached hydrogen (secondary N) is 1. The molecule has 100 valence electrons. The van der Waals surface area contributed by atoms with Crippen molar-refractivity contribution in [2.45, 2.75) is 32.8 Å². The SMILES string of the molecule is CCOCc1ccccc1NC(=O)CCCCCl. The second-order valence-corrected chi connectivity index (χ2v) is 4.37. The zero-order valence-corrected chi connectivity index (χ0v) is 11.5. The third-order valence-electron chi connectivity index (χ3n) is 2.54. The summed E-state index contributed by atoms with van der Waals surface area (Å²) in [6, 6.07) is 7.71. The number of alkyl halides is 1. The van der Waals surface area contributed by atoms with Crippen LogP contribution in [0, 0.1) is 0 Å². The number of amides is 1. The average molecular weight is 270 g/mol. The lowest BCUT2D eigenvalue weighted by molar-refractivity contribution is -0.116. The van der Waals surface area contributed by atoms with Gasteiger partial charge < -0.3 is 10.1 Å². The highest BCUT2D eigenvalue weighted by atomic mass is 35.5. The minimum Gasteiger partial charge on any atom is -0.377 e. The number of para-hydroxylation sites is 1. The fourth-order valence-electron chi connectivity index (χ4n) is 1.57. The predicted molar refractivity (Wildman–Crippen MR) is 75.0 cm³/mol. The van der Waals surface area contributed by atoms with Gasteiger partial charge >= 0.3 is 0 Å². The van der Waals surface area contributed by atoms with Gasteiger partial charge in [-0.15, -0.1) is 11.6 Å². The lowest BCUT2D eigenvalue weighted by atomic mass is 10.1. The first-order chi connectivity index (χ1) is 8.77. The molecule has 1 amide bonds. The Morgan fingerprint density at radius 3 is 2.83 bits per heavy atom. The summed E-state index contributed by atoms with van der Waals surface area (Å²) in [6.07, 6.45) is 2.20. The number of hydrogen-bond acceptors (Lipinski definition) is 2. The Balaban J connectivity index is 2.51. The lowest BCUT2D eigenvalue weighted by Gasteiger charge is -2.10. The molecule has 0 heterocycles. The van der Waals surface area contributed by atoms with Gasteiger partial charge in [0.15, 0.2) is 0 Å². The third-order valence-corrected chi connectivity index (χ3v) is 2.81. The van der Waals surface area contributed by atoms with Crippen LogP contribution in [0.1, 0.15) is 31.7 Å². The third kappa shape index (κ3) is 5.52. The molecule has 0 fully saturated rings. The van der Waals surface area contributed by atoms with Crippen LogP contribution in [0.3, 0.4) is 0 Å². The highest BCUT2D eigenvalue weighted by molar-refractivity contribution is 6.17. The fourth-order valence-corrected chi connectivity index (χ4v) is 1.76. The van der Waals surface area contributed by atoms with E-state index in [1.807, 2.05) is 31.2 Å². The minimum atomic E-state index is 0.0315. The van der Waals surface area contributed by atoms with E-state index in [0.29, 0.717) is 25.5 Å². The highest BCUT2D eigenvalue weighted by Gasteiger charge is 2.06. The summed E-state index contributed by atoms with van der Waals surface area (Å²) in [5, 5.41) is 2.92. The maximum absolute atomic E-state index is 11.7. The van der Waals surface area contributed by atoms with Crippen molar-refractivity contribution in [3.63, 3.8) is 0 Å². The molecule has 18 heavy (non-hydrogen) atoms.